The van der Waals surface area contributed by atoms with Gasteiger partial charge >= 0.3 is 0 Å². The summed E-state index contributed by atoms with van der Waals surface area (Å²) in [6, 6.07) is 0. The van der Waals surface area contributed by atoms with Crippen LogP contribution < -0.4 is 15.8 Å². The maximum absolute atomic E-state index is 4.26. The molecule has 0 amide bonds. The van der Waals surface area contributed by atoms with Crippen LogP contribution in [0.4, 0.5) is 5.95 Å². The molecule has 5 rings (SSSR count). The summed E-state index contributed by atoms with van der Waals surface area (Å²) in [6.07, 6.45) is 5.74. The van der Waals surface area contributed by atoms with Crippen molar-refractivity contribution in [2.45, 2.75) is 32.4 Å². The molecule has 0 saturated carbocycles. The molecule has 6 nitrogen and oxygen atoms in total. The highest BCUT2D eigenvalue weighted by atomic mass is 32.1. The zero-order valence-corrected chi connectivity index (χ0v) is 12.1. The van der Waals surface area contributed by atoms with E-state index in [2.05, 4.69) is 37.4 Å². The molecule has 104 valence electrons. The first kappa shape index (κ1) is 11.2. The van der Waals surface area contributed by atoms with Crippen LogP contribution in [0.15, 0.2) is 6.33 Å². The molecular formula is C13H16N6S. The van der Waals surface area contributed by atoms with Crippen LogP contribution in [0.5, 0.6) is 0 Å². The standard InChI is InChI=1S/C13H16N6S/c1-7-2-3-8-9(4-7)20-12-10(8)11-14-5-16-19(11)13-17-15-6-18(12)13/h6-7,11,14,16H,2-5H2,1H3. The molecule has 2 unspecified atom stereocenters. The number of fused-ring (bicyclic) bond motifs is 8. The van der Waals surface area contributed by atoms with Crippen molar-refractivity contribution in [3.8, 4) is 5.00 Å². The second-order valence-corrected chi connectivity index (χ2v) is 6.97. The molecule has 4 heterocycles. The number of thiophene rings is 1. The Balaban J connectivity index is 1.77. The van der Waals surface area contributed by atoms with E-state index in [1.807, 2.05) is 17.7 Å². The Morgan fingerprint density at radius 2 is 2.40 bits per heavy atom. The van der Waals surface area contributed by atoms with Crippen LogP contribution in [0, 0.1) is 5.92 Å². The summed E-state index contributed by atoms with van der Waals surface area (Å²) in [4.78, 5) is 1.56. The molecule has 1 aliphatic carbocycles. The summed E-state index contributed by atoms with van der Waals surface area (Å²) in [5.74, 6) is 1.69. The van der Waals surface area contributed by atoms with E-state index in [1.165, 1.54) is 29.8 Å². The monoisotopic (exact) mass is 288 g/mol. The van der Waals surface area contributed by atoms with E-state index in [4.69, 9.17) is 0 Å². The summed E-state index contributed by atoms with van der Waals surface area (Å²) in [7, 11) is 0. The van der Waals surface area contributed by atoms with Gasteiger partial charge in [0.05, 0.1) is 6.67 Å². The lowest BCUT2D eigenvalue weighted by Gasteiger charge is -2.30. The predicted octanol–water partition coefficient (Wildman–Crippen LogP) is 1.34. The lowest BCUT2D eigenvalue weighted by atomic mass is 9.87. The SMILES string of the molecule is CC1CCc2c(sc3c2C2NCNN2c2nncn2-3)C1. The fourth-order valence-corrected chi connectivity index (χ4v) is 5.09. The first-order valence-electron chi connectivity index (χ1n) is 7.14. The van der Waals surface area contributed by atoms with Gasteiger partial charge in [0.25, 0.3) is 0 Å². The van der Waals surface area contributed by atoms with Crippen molar-refractivity contribution >= 4 is 17.3 Å². The van der Waals surface area contributed by atoms with Gasteiger partial charge < -0.3 is 0 Å². The van der Waals surface area contributed by atoms with Gasteiger partial charge in [0.2, 0.25) is 5.95 Å². The van der Waals surface area contributed by atoms with Crippen molar-refractivity contribution in [3.63, 3.8) is 0 Å². The minimum Gasteiger partial charge on any atom is -0.278 e. The molecule has 1 saturated heterocycles. The molecule has 2 aromatic heterocycles. The number of rotatable bonds is 0. The summed E-state index contributed by atoms with van der Waals surface area (Å²) in [6.45, 7) is 3.13. The smallest absolute Gasteiger partial charge is 0.248 e. The maximum atomic E-state index is 4.26. The molecule has 0 radical (unpaired) electrons. The van der Waals surface area contributed by atoms with Crippen LogP contribution >= 0.6 is 11.3 Å². The van der Waals surface area contributed by atoms with E-state index >= 15 is 0 Å². The zero-order valence-electron chi connectivity index (χ0n) is 11.3. The Kier molecular flexibility index (Phi) is 2.14. The molecule has 7 heteroatoms. The highest BCUT2D eigenvalue weighted by molar-refractivity contribution is 7.15. The number of hydrogen-bond acceptors (Lipinski definition) is 6. The first-order chi connectivity index (χ1) is 9.83. The highest BCUT2D eigenvalue weighted by Gasteiger charge is 2.40. The zero-order chi connectivity index (χ0) is 13.3. The van der Waals surface area contributed by atoms with Crippen LogP contribution in [0.3, 0.4) is 0 Å². The minimum atomic E-state index is 0.204. The van der Waals surface area contributed by atoms with Crippen LogP contribution in [0.1, 0.15) is 35.5 Å². The number of nitrogens with zero attached hydrogens (tertiary/aromatic N) is 4. The number of hydrazine groups is 1. The Morgan fingerprint density at radius 1 is 1.45 bits per heavy atom. The summed E-state index contributed by atoms with van der Waals surface area (Å²) in [5.41, 5.74) is 6.35. The first-order valence-corrected chi connectivity index (χ1v) is 7.95. The molecule has 0 spiro atoms. The van der Waals surface area contributed by atoms with E-state index in [1.54, 1.807) is 10.4 Å². The van der Waals surface area contributed by atoms with Crippen molar-refractivity contribution in [1.82, 2.24) is 25.5 Å². The summed E-state index contributed by atoms with van der Waals surface area (Å²) < 4.78 is 2.12. The van der Waals surface area contributed by atoms with Gasteiger partial charge in [-0.1, -0.05) is 6.92 Å². The second kappa shape index (κ2) is 3.81. The second-order valence-electron chi connectivity index (χ2n) is 5.88. The van der Waals surface area contributed by atoms with E-state index in [9.17, 15) is 0 Å². The normalized spacial score (nSPS) is 26.9. The Labute approximate surface area is 120 Å². The fraction of sp³-hybridized carbons (Fsp3) is 0.538. The molecule has 0 bridgehead atoms. The van der Waals surface area contributed by atoms with Crippen LogP contribution in [-0.2, 0) is 12.8 Å². The van der Waals surface area contributed by atoms with Crippen LogP contribution in [0.2, 0.25) is 0 Å². The molecule has 2 N–H and O–H groups in total. The lowest BCUT2D eigenvalue weighted by molar-refractivity contribution is 0.499. The van der Waals surface area contributed by atoms with Crippen molar-refractivity contribution in [3.05, 3.63) is 22.3 Å². The third kappa shape index (κ3) is 1.30. The number of aromatic nitrogens is 3. The molecule has 2 aliphatic heterocycles. The van der Waals surface area contributed by atoms with E-state index in [-0.39, 0.29) is 6.17 Å². The molecule has 2 atom stereocenters. The van der Waals surface area contributed by atoms with E-state index in [0.717, 1.165) is 18.5 Å². The number of anilines is 1. The third-order valence-corrected chi connectivity index (χ3v) is 5.84. The van der Waals surface area contributed by atoms with Gasteiger partial charge in [0.1, 0.15) is 17.5 Å². The van der Waals surface area contributed by atoms with Gasteiger partial charge in [0, 0.05) is 10.4 Å². The number of nitrogens with one attached hydrogen (secondary N) is 2. The van der Waals surface area contributed by atoms with E-state index in [0.29, 0.717) is 0 Å². The molecule has 2 aromatic rings. The largest absolute Gasteiger partial charge is 0.278 e. The molecular weight excluding hydrogens is 272 g/mol. The lowest BCUT2D eigenvalue weighted by Crippen LogP contribution is -2.39. The Morgan fingerprint density at radius 3 is 3.35 bits per heavy atom. The Hall–Kier alpha value is -1.44. The topological polar surface area (TPSA) is 58.0 Å². The number of hydrogen-bond donors (Lipinski definition) is 2. The molecule has 0 aromatic carbocycles. The van der Waals surface area contributed by atoms with Crippen molar-refractivity contribution < 1.29 is 0 Å². The molecule has 3 aliphatic rings. The van der Waals surface area contributed by atoms with Crippen LogP contribution in [-0.4, -0.2) is 21.4 Å². The Bertz CT molecular complexity index is 689. The maximum Gasteiger partial charge on any atom is 0.248 e. The van der Waals surface area contributed by atoms with Gasteiger partial charge in [-0.15, -0.1) is 21.5 Å². The summed E-state index contributed by atoms with van der Waals surface area (Å²) >= 11 is 1.93. The van der Waals surface area contributed by atoms with Gasteiger partial charge in [-0.25, -0.2) is 5.43 Å². The highest BCUT2D eigenvalue weighted by Crippen LogP contribution is 2.46. The van der Waals surface area contributed by atoms with Crippen LogP contribution in [0.25, 0.3) is 5.00 Å². The van der Waals surface area contributed by atoms with Gasteiger partial charge in [-0.2, -0.15) is 0 Å². The average molecular weight is 288 g/mol. The molecule has 1 fully saturated rings. The minimum absolute atomic E-state index is 0.204. The molecule has 20 heavy (non-hydrogen) atoms. The third-order valence-electron chi connectivity index (χ3n) is 4.57. The van der Waals surface area contributed by atoms with Gasteiger partial charge in [-0.05, 0) is 30.7 Å². The fourth-order valence-electron chi connectivity index (χ4n) is 3.59. The quantitative estimate of drug-likeness (QED) is 0.766. The van der Waals surface area contributed by atoms with Crippen molar-refractivity contribution in [1.29, 1.82) is 0 Å². The average Bonchev–Trinajstić information content (AvgIpc) is 3.14. The van der Waals surface area contributed by atoms with E-state index < -0.39 is 0 Å². The van der Waals surface area contributed by atoms with Crippen molar-refractivity contribution in [2.24, 2.45) is 5.92 Å². The predicted molar refractivity (Wildman–Crippen MR) is 76.8 cm³/mol. The van der Waals surface area contributed by atoms with Gasteiger partial charge in [-0.3, -0.25) is 14.9 Å². The van der Waals surface area contributed by atoms with Crippen molar-refractivity contribution in [2.75, 3.05) is 11.7 Å². The van der Waals surface area contributed by atoms with Gasteiger partial charge in [0.15, 0.2) is 0 Å². The summed E-state index contributed by atoms with van der Waals surface area (Å²) in [5, 5.41) is 15.3.